The molecule has 0 amide bonds. The summed E-state index contributed by atoms with van der Waals surface area (Å²) >= 11 is 3.30. The Morgan fingerprint density at radius 1 is 1.18 bits per heavy atom. The summed E-state index contributed by atoms with van der Waals surface area (Å²) < 4.78 is 0. The van der Waals surface area contributed by atoms with Crippen LogP contribution >= 0.6 is 23.5 Å². The summed E-state index contributed by atoms with van der Waals surface area (Å²) in [6, 6.07) is 0. The number of carbonyl (C=O) groups excluding carboxylic acids is 2. The van der Waals surface area contributed by atoms with Gasteiger partial charge in [0, 0.05) is 23.8 Å². The second-order valence-corrected chi connectivity index (χ2v) is 6.99. The Kier molecular flexibility index (Phi) is 10.0. The van der Waals surface area contributed by atoms with Gasteiger partial charge in [-0.3, -0.25) is 9.59 Å². The third-order valence-electron chi connectivity index (χ3n) is 2.40. The van der Waals surface area contributed by atoms with E-state index in [1.807, 2.05) is 18.7 Å². The lowest BCUT2D eigenvalue weighted by Crippen LogP contribution is -2.15. The number of carbonyl (C=O) groups is 2. The van der Waals surface area contributed by atoms with Crippen molar-refractivity contribution in [3.05, 3.63) is 0 Å². The SMILES string of the molecule is CCC(=O)SCCCSC(CC(C)=O)C(C)C. The van der Waals surface area contributed by atoms with E-state index in [4.69, 9.17) is 0 Å². The smallest absolute Gasteiger partial charge is 0.188 e. The first kappa shape index (κ1) is 17.0. The third kappa shape index (κ3) is 9.72. The molecule has 17 heavy (non-hydrogen) atoms. The normalized spacial score (nSPS) is 12.8. The molecule has 0 aromatic carbocycles. The van der Waals surface area contributed by atoms with Gasteiger partial charge < -0.3 is 0 Å². The molecule has 0 fully saturated rings. The molecule has 0 aliphatic rings. The minimum atomic E-state index is 0.270. The van der Waals surface area contributed by atoms with E-state index in [1.54, 1.807) is 6.92 Å². The number of hydrogen-bond acceptors (Lipinski definition) is 4. The van der Waals surface area contributed by atoms with Crippen molar-refractivity contribution in [3.63, 3.8) is 0 Å². The van der Waals surface area contributed by atoms with Gasteiger partial charge in [0.2, 0.25) is 0 Å². The molecular formula is C13H24O2S2. The van der Waals surface area contributed by atoms with Crippen LogP contribution < -0.4 is 0 Å². The first-order valence-electron chi connectivity index (χ1n) is 6.24. The van der Waals surface area contributed by atoms with E-state index in [9.17, 15) is 9.59 Å². The molecule has 0 aliphatic carbocycles. The number of thioether (sulfide) groups is 2. The summed E-state index contributed by atoms with van der Waals surface area (Å²) in [5.41, 5.74) is 0. The van der Waals surface area contributed by atoms with Crippen LogP contribution in [0.1, 0.15) is 47.0 Å². The van der Waals surface area contributed by atoms with Crippen molar-refractivity contribution in [2.24, 2.45) is 5.92 Å². The lowest BCUT2D eigenvalue weighted by molar-refractivity contribution is -0.117. The molecule has 0 rings (SSSR count). The highest BCUT2D eigenvalue weighted by atomic mass is 32.2. The summed E-state index contributed by atoms with van der Waals surface area (Å²) in [5, 5.41) is 0.707. The highest BCUT2D eigenvalue weighted by molar-refractivity contribution is 8.13. The van der Waals surface area contributed by atoms with Crippen LogP contribution in [-0.2, 0) is 9.59 Å². The molecule has 2 nitrogen and oxygen atoms in total. The fourth-order valence-corrected chi connectivity index (χ4v) is 3.61. The molecule has 0 saturated carbocycles. The van der Waals surface area contributed by atoms with Crippen molar-refractivity contribution >= 4 is 34.4 Å². The molecule has 0 radical (unpaired) electrons. The molecular weight excluding hydrogens is 252 g/mol. The zero-order valence-electron chi connectivity index (χ0n) is 11.3. The van der Waals surface area contributed by atoms with Crippen LogP contribution in [0.2, 0.25) is 0 Å². The van der Waals surface area contributed by atoms with Gasteiger partial charge in [0.15, 0.2) is 5.12 Å². The molecule has 0 aromatic heterocycles. The number of ketones is 1. The molecule has 0 heterocycles. The van der Waals surface area contributed by atoms with E-state index >= 15 is 0 Å². The van der Waals surface area contributed by atoms with Gasteiger partial charge in [-0.25, -0.2) is 0 Å². The Morgan fingerprint density at radius 3 is 2.29 bits per heavy atom. The molecule has 0 bridgehead atoms. The maximum Gasteiger partial charge on any atom is 0.188 e. The molecule has 1 atom stereocenters. The van der Waals surface area contributed by atoms with Crippen LogP contribution in [0, 0.1) is 5.92 Å². The Morgan fingerprint density at radius 2 is 1.82 bits per heavy atom. The maximum absolute atomic E-state index is 11.1. The van der Waals surface area contributed by atoms with Gasteiger partial charge in [-0.1, -0.05) is 32.5 Å². The van der Waals surface area contributed by atoms with E-state index in [-0.39, 0.29) is 10.9 Å². The molecule has 0 spiro atoms. The van der Waals surface area contributed by atoms with Crippen molar-refractivity contribution in [2.75, 3.05) is 11.5 Å². The van der Waals surface area contributed by atoms with E-state index < -0.39 is 0 Å². The van der Waals surface area contributed by atoms with Gasteiger partial charge >= 0.3 is 0 Å². The first-order valence-corrected chi connectivity index (χ1v) is 8.27. The van der Waals surface area contributed by atoms with E-state index in [0.29, 0.717) is 24.0 Å². The zero-order valence-corrected chi connectivity index (χ0v) is 13.0. The van der Waals surface area contributed by atoms with Crippen LogP contribution in [-0.4, -0.2) is 27.7 Å². The van der Waals surface area contributed by atoms with Crippen molar-refractivity contribution in [3.8, 4) is 0 Å². The third-order valence-corrected chi connectivity index (χ3v) is 5.17. The fraction of sp³-hybridized carbons (Fsp3) is 0.846. The summed E-state index contributed by atoms with van der Waals surface area (Å²) in [6.07, 6.45) is 2.34. The monoisotopic (exact) mass is 276 g/mol. The van der Waals surface area contributed by atoms with E-state index in [1.165, 1.54) is 11.8 Å². The Balaban J connectivity index is 3.68. The molecule has 100 valence electrons. The van der Waals surface area contributed by atoms with Crippen LogP contribution in [0.4, 0.5) is 0 Å². The lowest BCUT2D eigenvalue weighted by atomic mass is 10.1. The Hall–Kier alpha value is 0.0400. The van der Waals surface area contributed by atoms with Crippen LogP contribution in [0.3, 0.4) is 0 Å². The van der Waals surface area contributed by atoms with Gasteiger partial charge in [0.1, 0.15) is 5.78 Å². The predicted molar refractivity (Wildman–Crippen MR) is 78.8 cm³/mol. The van der Waals surface area contributed by atoms with Gasteiger partial charge in [0.05, 0.1) is 0 Å². The van der Waals surface area contributed by atoms with Gasteiger partial charge in [-0.2, -0.15) is 11.8 Å². The fourth-order valence-electron chi connectivity index (χ4n) is 1.35. The zero-order chi connectivity index (χ0) is 13.3. The van der Waals surface area contributed by atoms with Crippen molar-refractivity contribution in [1.29, 1.82) is 0 Å². The molecule has 4 heteroatoms. The van der Waals surface area contributed by atoms with Gasteiger partial charge in [-0.15, -0.1) is 0 Å². The molecule has 1 unspecified atom stereocenters. The second kappa shape index (κ2) is 10.0. The Labute approximate surface area is 114 Å². The first-order chi connectivity index (χ1) is 7.97. The number of rotatable bonds is 9. The highest BCUT2D eigenvalue weighted by Gasteiger charge is 2.15. The average Bonchev–Trinajstić information content (AvgIpc) is 2.25. The van der Waals surface area contributed by atoms with Crippen molar-refractivity contribution in [1.82, 2.24) is 0 Å². The summed E-state index contributed by atoms with van der Waals surface area (Å²) in [5.74, 6) is 2.76. The van der Waals surface area contributed by atoms with Gasteiger partial charge in [-0.05, 0) is 25.0 Å². The van der Waals surface area contributed by atoms with Gasteiger partial charge in [0.25, 0.3) is 0 Å². The summed E-state index contributed by atoms with van der Waals surface area (Å²) in [6.45, 7) is 7.88. The van der Waals surface area contributed by atoms with Crippen LogP contribution in [0.15, 0.2) is 0 Å². The largest absolute Gasteiger partial charge is 0.300 e. The Bertz CT molecular complexity index is 240. The van der Waals surface area contributed by atoms with E-state index in [2.05, 4.69) is 13.8 Å². The molecule has 0 saturated heterocycles. The van der Waals surface area contributed by atoms with Crippen LogP contribution in [0.5, 0.6) is 0 Å². The van der Waals surface area contributed by atoms with Crippen molar-refractivity contribution < 1.29 is 9.59 Å². The topological polar surface area (TPSA) is 34.1 Å². The second-order valence-electron chi connectivity index (χ2n) is 4.49. The van der Waals surface area contributed by atoms with E-state index in [0.717, 1.165) is 17.9 Å². The summed E-state index contributed by atoms with van der Waals surface area (Å²) in [7, 11) is 0. The average molecular weight is 276 g/mol. The predicted octanol–water partition coefficient (Wildman–Crippen LogP) is 3.78. The quantitative estimate of drug-likeness (QED) is 0.600. The standard InChI is InChI=1S/C13H24O2S2/c1-5-13(15)17-8-6-7-16-12(10(2)3)9-11(4)14/h10,12H,5-9H2,1-4H3. The minimum Gasteiger partial charge on any atom is -0.300 e. The van der Waals surface area contributed by atoms with Crippen LogP contribution in [0.25, 0.3) is 0 Å². The number of hydrogen-bond donors (Lipinski definition) is 0. The lowest BCUT2D eigenvalue weighted by Gasteiger charge is -2.18. The molecule has 0 aliphatic heterocycles. The molecule has 0 aromatic rings. The minimum absolute atomic E-state index is 0.270. The van der Waals surface area contributed by atoms with Crippen molar-refractivity contribution in [2.45, 2.75) is 52.2 Å². The summed E-state index contributed by atoms with van der Waals surface area (Å²) in [4.78, 5) is 22.2. The number of Topliss-reactive ketones (excluding diaryl/α,β-unsaturated/α-hetero) is 1. The molecule has 0 N–H and O–H groups in total. The highest BCUT2D eigenvalue weighted by Crippen LogP contribution is 2.24. The maximum atomic E-state index is 11.1.